The second-order valence-corrected chi connectivity index (χ2v) is 13.8. The van der Waals surface area contributed by atoms with Crippen molar-refractivity contribution in [2.75, 3.05) is 0 Å². The third-order valence-electron chi connectivity index (χ3n) is 4.14. The van der Waals surface area contributed by atoms with Crippen LogP contribution in [-0.4, -0.2) is 6.69 Å². The van der Waals surface area contributed by atoms with E-state index in [4.69, 9.17) is 22.2 Å². The van der Waals surface area contributed by atoms with Gasteiger partial charge in [-0.25, -0.2) is 0 Å². The van der Waals surface area contributed by atoms with Gasteiger partial charge in [-0.15, -0.1) is 22.2 Å². The highest BCUT2D eigenvalue weighted by molar-refractivity contribution is 7.50. The molecule has 3 heteroatoms. The van der Waals surface area contributed by atoms with E-state index >= 15 is 0 Å². The van der Waals surface area contributed by atoms with Gasteiger partial charge in [-0.05, 0) is 55.6 Å². The van der Waals surface area contributed by atoms with Crippen LogP contribution in [0.1, 0.15) is 59.8 Å². The Balaban J connectivity index is 2.27. The molecule has 1 unspecified atom stereocenters. The van der Waals surface area contributed by atoms with Crippen molar-refractivity contribution in [3.05, 3.63) is 22.4 Å². The molecule has 0 nitrogen and oxygen atoms in total. The molecule has 1 aliphatic heterocycles. The first kappa shape index (κ1) is 14.7. The fourth-order valence-electron chi connectivity index (χ4n) is 3.20. The Morgan fingerprint density at radius 3 is 2.44 bits per heavy atom. The second-order valence-electron chi connectivity index (χ2n) is 6.95. The predicted octanol–water partition coefficient (Wildman–Crippen LogP) is 6.08. The topological polar surface area (TPSA) is 0 Å². The lowest BCUT2D eigenvalue weighted by Gasteiger charge is -2.46. The van der Waals surface area contributed by atoms with Gasteiger partial charge in [0.15, 0.2) is 0 Å². The summed E-state index contributed by atoms with van der Waals surface area (Å²) in [5, 5.41) is 1.33. The maximum Gasteiger partial charge on any atom is 0.284 e. The van der Waals surface area contributed by atoms with Gasteiger partial charge >= 0.3 is 0 Å². The number of halogens is 2. The molecule has 0 radical (unpaired) electrons. The lowest BCUT2D eigenvalue weighted by atomic mass is 9.83. The van der Waals surface area contributed by atoms with Gasteiger partial charge in [0, 0.05) is 5.54 Å². The van der Waals surface area contributed by atoms with Crippen LogP contribution in [0.5, 0.6) is 0 Å². The van der Waals surface area contributed by atoms with Gasteiger partial charge in [-0.3, -0.25) is 0 Å². The van der Waals surface area contributed by atoms with Gasteiger partial charge in [0.05, 0.1) is 0 Å². The van der Waals surface area contributed by atoms with E-state index in [9.17, 15) is 0 Å². The zero-order valence-corrected chi connectivity index (χ0v) is 14.5. The van der Waals surface area contributed by atoms with E-state index in [1.165, 1.54) is 36.5 Å². The quantitative estimate of drug-likeness (QED) is 0.428. The molecule has 0 aromatic heterocycles. The minimum atomic E-state index is -2.16. The van der Waals surface area contributed by atoms with Gasteiger partial charge in [-0.1, -0.05) is 32.0 Å². The second kappa shape index (κ2) is 4.99. The molecule has 0 aromatic rings. The van der Waals surface area contributed by atoms with E-state index < -0.39 is 6.69 Å². The largest absolute Gasteiger partial charge is 0.284 e. The molecule has 0 saturated heterocycles. The predicted molar refractivity (Wildman–Crippen MR) is 84.5 cm³/mol. The van der Waals surface area contributed by atoms with E-state index in [1.54, 1.807) is 5.57 Å². The molecule has 0 N–H and O–H groups in total. The minimum absolute atomic E-state index is 0.299. The molecular weight excluding hydrogens is 279 g/mol. The lowest BCUT2D eigenvalue weighted by Crippen LogP contribution is -2.43. The maximum absolute atomic E-state index is 6.66. The maximum atomic E-state index is 6.66. The van der Waals surface area contributed by atoms with Crippen molar-refractivity contribution in [2.45, 2.75) is 65.3 Å². The van der Waals surface area contributed by atoms with Gasteiger partial charge in [-0.2, -0.15) is 0 Å². The van der Waals surface area contributed by atoms with Crippen LogP contribution in [0.2, 0.25) is 5.54 Å². The SMILES string of the molecule is CC1=C(C2=CCCCC2)C(CC(C)(C)C)[Si]1(Cl)Cl. The average molecular weight is 303 g/mol. The Bertz CT molecular complexity index is 399. The molecule has 0 bridgehead atoms. The van der Waals surface area contributed by atoms with E-state index in [0.717, 1.165) is 6.42 Å². The first-order valence-electron chi connectivity index (χ1n) is 7.02. The normalized spacial score (nSPS) is 27.9. The Kier molecular flexibility index (Phi) is 4.07. The molecule has 0 aromatic carbocycles. The number of rotatable bonds is 2. The third kappa shape index (κ3) is 2.73. The van der Waals surface area contributed by atoms with E-state index in [-0.39, 0.29) is 0 Å². The molecule has 2 rings (SSSR count). The first-order chi connectivity index (χ1) is 8.23. The van der Waals surface area contributed by atoms with E-state index in [2.05, 4.69) is 33.8 Å². The molecule has 2 aliphatic rings. The molecule has 0 saturated carbocycles. The molecule has 0 spiro atoms. The van der Waals surface area contributed by atoms with Crippen LogP contribution >= 0.6 is 22.2 Å². The monoisotopic (exact) mass is 302 g/mol. The van der Waals surface area contributed by atoms with Gasteiger partial charge in [0.1, 0.15) is 0 Å². The Hall–Kier alpha value is 0.277. The summed E-state index contributed by atoms with van der Waals surface area (Å²) in [6.07, 6.45) is 8.67. The third-order valence-corrected chi connectivity index (χ3v) is 10.1. The van der Waals surface area contributed by atoms with Crippen LogP contribution in [0.15, 0.2) is 22.4 Å². The summed E-state index contributed by atoms with van der Waals surface area (Å²) in [6, 6.07) is 0. The Morgan fingerprint density at radius 1 is 1.28 bits per heavy atom. The zero-order chi connectivity index (χ0) is 13.6. The summed E-state index contributed by atoms with van der Waals surface area (Å²) >= 11 is 13.3. The molecular formula is C15H24Cl2Si. The summed E-state index contributed by atoms with van der Waals surface area (Å²) in [6.45, 7) is 6.86. The van der Waals surface area contributed by atoms with E-state index in [1.807, 2.05) is 0 Å². The molecule has 1 atom stereocenters. The van der Waals surface area contributed by atoms with Crippen LogP contribution in [0.4, 0.5) is 0 Å². The number of hydrogen-bond donors (Lipinski definition) is 0. The minimum Gasteiger partial charge on any atom is -0.139 e. The Labute approximate surface area is 122 Å². The molecule has 18 heavy (non-hydrogen) atoms. The molecule has 0 fully saturated rings. The van der Waals surface area contributed by atoms with Crippen molar-refractivity contribution >= 4 is 28.9 Å². The molecule has 1 heterocycles. The van der Waals surface area contributed by atoms with Gasteiger partial charge in [0.25, 0.3) is 6.69 Å². The van der Waals surface area contributed by atoms with Crippen LogP contribution < -0.4 is 0 Å². The van der Waals surface area contributed by atoms with Crippen LogP contribution in [0.3, 0.4) is 0 Å². The summed E-state index contributed by atoms with van der Waals surface area (Å²) in [5.74, 6) is 0. The van der Waals surface area contributed by atoms with Crippen molar-refractivity contribution < 1.29 is 0 Å². The molecule has 0 amide bonds. The van der Waals surface area contributed by atoms with Crippen LogP contribution in [0, 0.1) is 5.41 Å². The smallest absolute Gasteiger partial charge is 0.139 e. The van der Waals surface area contributed by atoms with Gasteiger partial charge in [0.2, 0.25) is 0 Å². The summed E-state index contributed by atoms with van der Waals surface area (Å²) in [4.78, 5) is 0. The average Bonchev–Trinajstić information content (AvgIpc) is 2.28. The Morgan fingerprint density at radius 2 is 1.94 bits per heavy atom. The van der Waals surface area contributed by atoms with Gasteiger partial charge < -0.3 is 0 Å². The zero-order valence-electron chi connectivity index (χ0n) is 11.9. The standard InChI is InChI=1S/C15H24Cl2Si/c1-11-14(12-8-6-5-7-9-12)13(18(11,16)17)10-15(2,3)4/h8,13H,5-7,9-10H2,1-4H3. The lowest BCUT2D eigenvalue weighted by molar-refractivity contribution is 0.373. The van der Waals surface area contributed by atoms with Crippen molar-refractivity contribution in [1.29, 1.82) is 0 Å². The highest BCUT2D eigenvalue weighted by atomic mass is 35.7. The van der Waals surface area contributed by atoms with Crippen LogP contribution in [0.25, 0.3) is 0 Å². The fraction of sp³-hybridized carbons (Fsp3) is 0.733. The number of allylic oxidation sites excluding steroid dienone is 4. The fourth-order valence-corrected chi connectivity index (χ4v) is 7.55. The highest BCUT2D eigenvalue weighted by Gasteiger charge is 2.53. The first-order valence-corrected chi connectivity index (χ1v) is 11.1. The molecule has 1 aliphatic carbocycles. The summed E-state index contributed by atoms with van der Waals surface area (Å²) < 4.78 is 0. The summed E-state index contributed by atoms with van der Waals surface area (Å²) in [5.41, 5.74) is 3.83. The highest BCUT2D eigenvalue weighted by Crippen LogP contribution is 2.59. The van der Waals surface area contributed by atoms with E-state index in [0.29, 0.717) is 11.0 Å². The van der Waals surface area contributed by atoms with Crippen molar-refractivity contribution in [3.8, 4) is 0 Å². The summed E-state index contributed by atoms with van der Waals surface area (Å²) in [7, 11) is 0. The van der Waals surface area contributed by atoms with Crippen molar-refractivity contribution in [2.24, 2.45) is 5.41 Å². The number of hydrogen-bond acceptors (Lipinski definition) is 0. The van der Waals surface area contributed by atoms with Crippen molar-refractivity contribution in [1.82, 2.24) is 0 Å². The molecule has 102 valence electrons. The van der Waals surface area contributed by atoms with Crippen LogP contribution in [-0.2, 0) is 0 Å². The van der Waals surface area contributed by atoms with Crippen molar-refractivity contribution in [3.63, 3.8) is 0 Å².